The Morgan fingerprint density at radius 1 is 0.733 bits per heavy atom. The van der Waals surface area contributed by atoms with Crippen LogP contribution in [0.25, 0.3) is 0 Å². The van der Waals surface area contributed by atoms with Gasteiger partial charge < -0.3 is 20.9 Å². The molecule has 160 valence electrons. The molecule has 0 aromatic heterocycles. The van der Waals surface area contributed by atoms with Crippen LogP contribution in [-0.2, 0) is 0 Å². The SMILES string of the molecule is Nc1ccc(OC2(Oc3ccc(N)cc3)C(C(F)(F)F)=CC=CC2C(F)(F)F)cc1. The van der Waals surface area contributed by atoms with Crippen molar-refractivity contribution in [3.8, 4) is 11.5 Å². The monoisotopic (exact) mass is 430 g/mol. The highest BCUT2D eigenvalue weighted by atomic mass is 19.4. The summed E-state index contributed by atoms with van der Waals surface area (Å²) in [7, 11) is 0. The molecule has 0 saturated carbocycles. The molecule has 1 atom stereocenters. The fourth-order valence-corrected chi connectivity index (χ4v) is 2.97. The summed E-state index contributed by atoms with van der Waals surface area (Å²) in [4.78, 5) is 0. The van der Waals surface area contributed by atoms with E-state index in [0.29, 0.717) is 18.2 Å². The Bertz CT molecular complexity index is 900. The van der Waals surface area contributed by atoms with Crippen LogP contribution in [0.15, 0.2) is 72.3 Å². The highest BCUT2D eigenvalue weighted by Gasteiger charge is 2.65. The van der Waals surface area contributed by atoms with E-state index in [-0.39, 0.29) is 22.9 Å². The van der Waals surface area contributed by atoms with Gasteiger partial charge in [-0.15, -0.1) is 0 Å². The molecule has 0 fully saturated rings. The number of benzene rings is 2. The van der Waals surface area contributed by atoms with E-state index < -0.39 is 29.6 Å². The molecule has 3 rings (SSSR count). The van der Waals surface area contributed by atoms with Crippen LogP contribution in [0.2, 0.25) is 0 Å². The van der Waals surface area contributed by atoms with Gasteiger partial charge >= 0.3 is 12.4 Å². The van der Waals surface area contributed by atoms with Crippen molar-refractivity contribution < 1.29 is 35.8 Å². The van der Waals surface area contributed by atoms with Crippen LogP contribution >= 0.6 is 0 Å². The van der Waals surface area contributed by atoms with Gasteiger partial charge in [-0.1, -0.05) is 12.2 Å². The van der Waals surface area contributed by atoms with Crippen LogP contribution in [0.3, 0.4) is 0 Å². The molecule has 10 heteroatoms. The Hall–Kier alpha value is -3.30. The number of nitrogens with two attached hydrogens (primary N) is 2. The molecule has 1 aliphatic rings. The maximum Gasteiger partial charge on any atom is 0.420 e. The van der Waals surface area contributed by atoms with Gasteiger partial charge in [0.1, 0.15) is 17.1 Å². The van der Waals surface area contributed by atoms with E-state index in [0.717, 1.165) is 24.3 Å². The van der Waals surface area contributed by atoms with Crippen LogP contribution in [0, 0.1) is 5.92 Å². The topological polar surface area (TPSA) is 70.5 Å². The average molecular weight is 430 g/mol. The van der Waals surface area contributed by atoms with Crippen LogP contribution in [-0.4, -0.2) is 18.1 Å². The van der Waals surface area contributed by atoms with Crippen molar-refractivity contribution in [2.24, 2.45) is 5.92 Å². The smallest absolute Gasteiger partial charge is 0.420 e. The molecule has 2 aromatic carbocycles. The van der Waals surface area contributed by atoms with Gasteiger partial charge in [-0.05, 0) is 54.6 Å². The summed E-state index contributed by atoms with van der Waals surface area (Å²) in [5.41, 5.74) is 9.94. The Labute approximate surface area is 167 Å². The van der Waals surface area contributed by atoms with Gasteiger partial charge in [0.15, 0.2) is 5.92 Å². The molecule has 4 nitrogen and oxygen atoms in total. The standard InChI is InChI=1S/C20H16F6N2O2/c21-19(22,23)16-2-1-3-17(20(24,25)26)18(16,29-14-8-4-12(27)5-9-14)30-15-10-6-13(28)7-11-15/h1-11,16H,27-28H2. The maximum absolute atomic E-state index is 13.9. The molecule has 0 aliphatic heterocycles. The lowest BCUT2D eigenvalue weighted by molar-refractivity contribution is -0.257. The fraction of sp³-hybridized carbons (Fsp3) is 0.200. The Balaban J connectivity index is 2.20. The van der Waals surface area contributed by atoms with E-state index in [1.807, 2.05) is 0 Å². The molecule has 0 radical (unpaired) electrons. The van der Waals surface area contributed by atoms with Crippen molar-refractivity contribution >= 4 is 11.4 Å². The molecule has 30 heavy (non-hydrogen) atoms. The zero-order valence-electron chi connectivity index (χ0n) is 15.2. The van der Waals surface area contributed by atoms with Crippen LogP contribution in [0.5, 0.6) is 11.5 Å². The molecule has 1 unspecified atom stereocenters. The summed E-state index contributed by atoms with van der Waals surface area (Å²) in [6.07, 6.45) is -8.57. The number of ether oxygens (including phenoxy) is 2. The first-order valence-corrected chi connectivity index (χ1v) is 8.54. The predicted octanol–water partition coefficient (Wildman–Crippen LogP) is 5.24. The third kappa shape index (κ3) is 4.32. The number of rotatable bonds is 4. The highest BCUT2D eigenvalue weighted by Crippen LogP contribution is 2.50. The second kappa shape index (κ2) is 7.51. The van der Waals surface area contributed by atoms with Crippen molar-refractivity contribution in [2.75, 3.05) is 11.5 Å². The first-order chi connectivity index (χ1) is 13.9. The molecule has 0 heterocycles. The number of anilines is 2. The molecular weight excluding hydrogens is 414 g/mol. The number of nitrogen functional groups attached to an aromatic ring is 2. The minimum absolute atomic E-state index is 0.248. The van der Waals surface area contributed by atoms with E-state index in [1.54, 1.807) is 0 Å². The van der Waals surface area contributed by atoms with Crippen LogP contribution < -0.4 is 20.9 Å². The molecule has 0 bridgehead atoms. The summed E-state index contributed by atoms with van der Waals surface area (Å²) >= 11 is 0. The van der Waals surface area contributed by atoms with E-state index >= 15 is 0 Å². The van der Waals surface area contributed by atoms with E-state index in [9.17, 15) is 26.3 Å². The third-order valence-corrected chi connectivity index (χ3v) is 4.31. The highest BCUT2D eigenvalue weighted by molar-refractivity contribution is 5.45. The molecule has 2 aromatic rings. The van der Waals surface area contributed by atoms with E-state index in [1.165, 1.54) is 24.3 Å². The molecule has 0 amide bonds. The van der Waals surface area contributed by atoms with E-state index in [4.69, 9.17) is 20.9 Å². The Morgan fingerprint density at radius 3 is 1.53 bits per heavy atom. The molecule has 0 saturated heterocycles. The summed E-state index contributed by atoms with van der Waals surface area (Å²) < 4.78 is 93.9. The summed E-state index contributed by atoms with van der Waals surface area (Å²) in [6.45, 7) is 0. The van der Waals surface area contributed by atoms with Gasteiger partial charge in [0.25, 0.3) is 5.79 Å². The van der Waals surface area contributed by atoms with Crippen molar-refractivity contribution in [3.63, 3.8) is 0 Å². The number of hydrogen-bond acceptors (Lipinski definition) is 4. The second-order valence-electron chi connectivity index (χ2n) is 6.49. The lowest BCUT2D eigenvalue weighted by atomic mass is 9.85. The molecule has 0 spiro atoms. The average Bonchev–Trinajstić information content (AvgIpc) is 2.64. The van der Waals surface area contributed by atoms with Gasteiger partial charge in [0.05, 0.1) is 0 Å². The summed E-state index contributed by atoms with van der Waals surface area (Å²) in [6, 6.07) is 9.75. The third-order valence-electron chi connectivity index (χ3n) is 4.31. The van der Waals surface area contributed by atoms with Crippen molar-refractivity contribution in [2.45, 2.75) is 18.1 Å². The maximum atomic E-state index is 13.9. The molecular formula is C20H16F6N2O2. The number of allylic oxidation sites excluding steroid dienone is 2. The van der Waals surface area contributed by atoms with Crippen LogP contribution in [0.4, 0.5) is 37.7 Å². The fourth-order valence-electron chi connectivity index (χ4n) is 2.97. The quantitative estimate of drug-likeness (QED) is 0.395. The normalized spacial score (nSPS) is 18.6. The largest absolute Gasteiger partial charge is 0.447 e. The lowest BCUT2D eigenvalue weighted by Crippen LogP contribution is -2.58. The van der Waals surface area contributed by atoms with Gasteiger partial charge in [-0.2, -0.15) is 26.3 Å². The van der Waals surface area contributed by atoms with Gasteiger partial charge in [0, 0.05) is 11.4 Å². The first-order valence-electron chi connectivity index (χ1n) is 8.54. The number of alkyl halides is 6. The van der Waals surface area contributed by atoms with Gasteiger partial charge in [0.2, 0.25) is 0 Å². The zero-order valence-corrected chi connectivity index (χ0v) is 15.2. The molecule has 4 N–H and O–H groups in total. The Morgan fingerprint density at radius 2 is 1.17 bits per heavy atom. The molecule has 1 aliphatic carbocycles. The Kier molecular flexibility index (Phi) is 5.36. The van der Waals surface area contributed by atoms with Crippen molar-refractivity contribution in [1.82, 2.24) is 0 Å². The number of halogens is 6. The predicted molar refractivity (Wildman–Crippen MR) is 98.5 cm³/mol. The zero-order chi connectivity index (χ0) is 22.2. The first kappa shape index (κ1) is 21.4. The summed E-state index contributed by atoms with van der Waals surface area (Å²) in [5.74, 6) is -6.63. The lowest BCUT2D eigenvalue weighted by Gasteiger charge is -2.43. The van der Waals surface area contributed by atoms with Gasteiger partial charge in [-0.3, -0.25) is 0 Å². The second-order valence-corrected chi connectivity index (χ2v) is 6.49. The number of hydrogen-bond donors (Lipinski definition) is 2. The minimum Gasteiger partial charge on any atom is -0.447 e. The van der Waals surface area contributed by atoms with Crippen molar-refractivity contribution in [3.05, 3.63) is 72.3 Å². The van der Waals surface area contributed by atoms with Gasteiger partial charge in [-0.25, -0.2) is 0 Å². The summed E-state index contributed by atoms with van der Waals surface area (Å²) in [5, 5.41) is 0. The minimum atomic E-state index is -5.18. The van der Waals surface area contributed by atoms with E-state index in [2.05, 4.69) is 0 Å². The van der Waals surface area contributed by atoms with Crippen LogP contribution in [0.1, 0.15) is 0 Å². The van der Waals surface area contributed by atoms with Crippen molar-refractivity contribution in [1.29, 1.82) is 0 Å².